The van der Waals surface area contributed by atoms with Crippen molar-refractivity contribution >= 4 is 56.5 Å². The maximum atomic E-state index is 12.3. The molecule has 0 aliphatic heterocycles. The molecule has 6 nitrogen and oxygen atoms in total. The summed E-state index contributed by atoms with van der Waals surface area (Å²) in [5, 5.41) is 10.3. The van der Waals surface area contributed by atoms with E-state index in [0.29, 0.717) is 17.3 Å². The molecule has 0 aliphatic carbocycles. The van der Waals surface area contributed by atoms with E-state index in [9.17, 15) is 4.79 Å². The number of hydrogen-bond acceptors (Lipinski definition) is 4. The molecule has 2 N–H and O–H groups in total. The fourth-order valence-electron chi connectivity index (χ4n) is 2.21. The van der Waals surface area contributed by atoms with Gasteiger partial charge in [0.05, 0.1) is 23.5 Å². The predicted molar refractivity (Wildman–Crippen MR) is 108 cm³/mol. The third kappa shape index (κ3) is 4.72. The van der Waals surface area contributed by atoms with Crippen LogP contribution in [0.1, 0.15) is 21.9 Å². The van der Waals surface area contributed by atoms with Crippen LogP contribution in [0.15, 0.2) is 51.6 Å². The summed E-state index contributed by atoms with van der Waals surface area (Å²) < 4.78 is 8.01. The van der Waals surface area contributed by atoms with Gasteiger partial charge in [0.2, 0.25) is 0 Å². The number of anilines is 1. The molecular weight excluding hydrogens is 440 g/mol. The quantitative estimate of drug-likeness (QED) is 0.574. The predicted octanol–water partition coefficient (Wildman–Crippen LogP) is 4.38. The average molecular weight is 454 g/mol. The van der Waals surface area contributed by atoms with E-state index in [1.54, 1.807) is 23.0 Å². The van der Waals surface area contributed by atoms with Crippen molar-refractivity contribution < 1.29 is 9.21 Å². The zero-order valence-electron chi connectivity index (χ0n) is 13.6. The number of aromatic nitrogens is 2. The van der Waals surface area contributed by atoms with Crippen molar-refractivity contribution in [1.29, 1.82) is 0 Å². The molecule has 0 aliphatic rings. The number of furan rings is 1. The Morgan fingerprint density at radius 1 is 1.38 bits per heavy atom. The van der Waals surface area contributed by atoms with Gasteiger partial charge in [-0.2, -0.15) is 5.10 Å². The minimum absolute atomic E-state index is 0.158. The van der Waals surface area contributed by atoms with Crippen molar-refractivity contribution in [1.82, 2.24) is 15.1 Å². The molecule has 134 valence electrons. The maximum Gasteiger partial charge on any atom is 0.293 e. The first kappa shape index (κ1) is 18.6. The van der Waals surface area contributed by atoms with E-state index in [4.69, 9.17) is 28.2 Å². The number of thiocarbonyl (C=S) groups is 1. The van der Waals surface area contributed by atoms with Crippen molar-refractivity contribution in [2.24, 2.45) is 0 Å². The lowest BCUT2D eigenvalue weighted by Crippen LogP contribution is -2.34. The maximum absolute atomic E-state index is 12.3. The molecule has 0 atom stereocenters. The molecule has 1 amide bonds. The van der Waals surface area contributed by atoms with Crippen molar-refractivity contribution in [2.45, 2.75) is 13.5 Å². The van der Waals surface area contributed by atoms with Crippen LogP contribution in [0, 0.1) is 6.92 Å². The summed E-state index contributed by atoms with van der Waals surface area (Å²) in [6.07, 6.45) is 3.20. The van der Waals surface area contributed by atoms with Crippen LogP contribution in [-0.2, 0) is 6.54 Å². The summed E-state index contributed by atoms with van der Waals surface area (Å²) in [7, 11) is 0. The Labute approximate surface area is 168 Å². The van der Waals surface area contributed by atoms with Crippen LogP contribution in [0.25, 0.3) is 0 Å². The van der Waals surface area contributed by atoms with Crippen molar-refractivity contribution in [3.8, 4) is 0 Å². The van der Waals surface area contributed by atoms with E-state index in [-0.39, 0.29) is 10.9 Å². The Bertz CT molecular complexity index is 969. The first-order valence-electron chi connectivity index (χ1n) is 7.56. The number of halogens is 2. The fourth-order valence-corrected chi connectivity index (χ4v) is 3.16. The van der Waals surface area contributed by atoms with E-state index < -0.39 is 5.91 Å². The molecule has 9 heteroatoms. The zero-order valence-corrected chi connectivity index (χ0v) is 16.8. The first-order chi connectivity index (χ1) is 12.4. The standard InChI is InChI=1S/C17H14BrClN4O2S/c1-10-2-4-14(13(18)6-10)21-17(26)22-16(24)15-5-3-12(25-15)9-23-8-11(19)7-20-23/h2-8H,9H2,1H3,(H2,21,22,24,26). The van der Waals surface area contributed by atoms with Gasteiger partial charge in [0.25, 0.3) is 5.91 Å². The van der Waals surface area contributed by atoms with Gasteiger partial charge < -0.3 is 9.73 Å². The molecule has 0 radical (unpaired) electrons. The topological polar surface area (TPSA) is 72.1 Å². The molecule has 0 unspecified atom stereocenters. The normalized spacial score (nSPS) is 10.6. The third-order valence-electron chi connectivity index (χ3n) is 3.40. The minimum atomic E-state index is -0.435. The van der Waals surface area contributed by atoms with Crippen LogP contribution in [0.3, 0.4) is 0 Å². The van der Waals surface area contributed by atoms with Gasteiger partial charge in [-0.1, -0.05) is 17.7 Å². The molecule has 0 saturated carbocycles. The highest BCUT2D eigenvalue weighted by Crippen LogP contribution is 2.23. The minimum Gasteiger partial charge on any atom is -0.454 e. The Kier molecular flexibility index (Phi) is 5.75. The molecular formula is C17H14BrClN4O2S. The molecule has 0 fully saturated rings. The van der Waals surface area contributed by atoms with Gasteiger partial charge in [0, 0.05) is 10.7 Å². The van der Waals surface area contributed by atoms with Crippen molar-refractivity contribution in [3.05, 3.63) is 69.3 Å². The van der Waals surface area contributed by atoms with E-state index in [2.05, 4.69) is 31.7 Å². The Hall–Kier alpha value is -2.16. The number of hydrogen-bond donors (Lipinski definition) is 2. The molecule has 3 aromatic rings. The number of carbonyl (C=O) groups is 1. The highest BCUT2D eigenvalue weighted by Gasteiger charge is 2.14. The van der Waals surface area contributed by atoms with Crippen molar-refractivity contribution in [2.75, 3.05) is 5.32 Å². The van der Waals surface area contributed by atoms with Gasteiger partial charge >= 0.3 is 0 Å². The van der Waals surface area contributed by atoms with E-state index >= 15 is 0 Å². The summed E-state index contributed by atoms with van der Waals surface area (Å²) in [5.74, 6) is 0.302. The molecule has 0 saturated heterocycles. The largest absolute Gasteiger partial charge is 0.454 e. The summed E-state index contributed by atoms with van der Waals surface area (Å²) in [4.78, 5) is 12.3. The monoisotopic (exact) mass is 452 g/mol. The molecule has 0 bridgehead atoms. The number of carbonyl (C=O) groups excluding carboxylic acids is 1. The highest BCUT2D eigenvalue weighted by molar-refractivity contribution is 9.10. The van der Waals surface area contributed by atoms with E-state index in [0.717, 1.165) is 15.7 Å². The number of nitrogens with one attached hydrogen (secondary N) is 2. The SMILES string of the molecule is Cc1ccc(NC(=S)NC(=O)c2ccc(Cn3cc(Cl)cn3)o2)c(Br)c1. The van der Waals surface area contributed by atoms with Gasteiger partial charge in [-0.25, -0.2) is 0 Å². The molecule has 26 heavy (non-hydrogen) atoms. The molecule has 1 aromatic carbocycles. The lowest BCUT2D eigenvalue weighted by molar-refractivity contribution is 0.0948. The van der Waals surface area contributed by atoms with Crippen LogP contribution in [0.4, 0.5) is 5.69 Å². The second-order valence-corrected chi connectivity index (χ2v) is 7.21. The van der Waals surface area contributed by atoms with Crippen molar-refractivity contribution in [3.63, 3.8) is 0 Å². The second-order valence-electron chi connectivity index (χ2n) is 5.51. The number of rotatable bonds is 4. The van der Waals surface area contributed by atoms with E-state index in [1.165, 1.54) is 6.20 Å². The fraction of sp³-hybridized carbons (Fsp3) is 0.118. The number of amides is 1. The van der Waals surface area contributed by atoms with Gasteiger partial charge in [-0.15, -0.1) is 0 Å². The lowest BCUT2D eigenvalue weighted by atomic mass is 10.2. The van der Waals surface area contributed by atoms with Crippen LogP contribution in [0.2, 0.25) is 5.02 Å². The molecule has 0 spiro atoms. The summed E-state index contributed by atoms with van der Waals surface area (Å²) in [6, 6.07) is 9.06. The van der Waals surface area contributed by atoms with E-state index in [1.807, 2.05) is 25.1 Å². The first-order valence-corrected chi connectivity index (χ1v) is 9.14. The third-order valence-corrected chi connectivity index (χ3v) is 4.46. The number of benzene rings is 1. The molecule has 2 aromatic heterocycles. The van der Waals surface area contributed by atoms with Crippen LogP contribution >= 0.6 is 39.7 Å². The number of aryl methyl sites for hydroxylation is 1. The molecule has 3 rings (SSSR count). The van der Waals surface area contributed by atoms with Crippen LogP contribution in [0.5, 0.6) is 0 Å². The highest BCUT2D eigenvalue weighted by atomic mass is 79.9. The van der Waals surface area contributed by atoms with Crippen LogP contribution in [-0.4, -0.2) is 20.8 Å². The molecule has 2 heterocycles. The zero-order chi connectivity index (χ0) is 18.7. The summed E-state index contributed by atoms with van der Waals surface area (Å²) in [6.45, 7) is 2.36. The van der Waals surface area contributed by atoms with Crippen LogP contribution < -0.4 is 10.6 Å². The average Bonchev–Trinajstić information content (AvgIpc) is 3.20. The smallest absolute Gasteiger partial charge is 0.293 e. The Balaban J connectivity index is 1.60. The lowest BCUT2D eigenvalue weighted by Gasteiger charge is -2.10. The van der Waals surface area contributed by atoms with Gasteiger partial charge in [-0.05, 0) is 64.9 Å². The van der Waals surface area contributed by atoms with Gasteiger partial charge in [-0.3, -0.25) is 14.8 Å². The summed E-state index contributed by atoms with van der Waals surface area (Å²) >= 11 is 14.5. The second kappa shape index (κ2) is 8.03. The van der Waals surface area contributed by atoms with Gasteiger partial charge in [0.15, 0.2) is 10.9 Å². The Morgan fingerprint density at radius 3 is 2.88 bits per heavy atom. The van der Waals surface area contributed by atoms with Gasteiger partial charge in [0.1, 0.15) is 5.76 Å². The Morgan fingerprint density at radius 2 is 2.19 bits per heavy atom. The number of nitrogens with zero attached hydrogens (tertiary/aromatic N) is 2. The summed E-state index contributed by atoms with van der Waals surface area (Å²) in [5.41, 5.74) is 1.87.